The Labute approximate surface area is 151 Å². The van der Waals surface area contributed by atoms with E-state index in [0.29, 0.717) is 11.8 Å². The van der Waals surface area contributed by atoms with Crippen molar-refractivity contribution in [3.8, 4) is 5.82 Å². The van der Waals surface area contributed by atoms with Gasteiger partial charge in [-0.3, -0.25) is 9.47 Å². The van der Waals surface area contributed by atoms with Gasteiger partial charge in [0.05, 0.1) is 0 Å². The summed E-state index contributed by atoms with van der Waals surface area (Å²) in [6.45, 7) is 6.83. The molecule has 2 aliphatic rings. The molecule has 0 aromatic carbocycles. The second-order valence-electron chi connectivity index (χ2n) is 8.00. The molecule has 1 saturated heterocycles. The van der Waals surface area contributed by atoms with Crippen molar-refractivity contribution < 1.29 is 0 Å². The van der Waals surface area contributed by atoms with Crippen LogP contribution in [-0.4, -0.2) is 38.6 Å². The van der Waals surface area contributed by atoms with Crippen molar-refractivity contribution in [2.45, 2.75) is 70.3 Å². The lowest BCUT2D eigenvalue weighted by Crippen LogP contribution is -2.40. The van der Waals surface area contributed by atoms with E-state index in [9.17, 15) is 0 Å². The zero-order chi connectivity index (χ0) is 17.2. The standard InChI is InChI=1S/C21H30N4/c1-16(2)21-22-12-14-25(21)20-11-5-10-19(23-20)17-7-6-13-24(15-17)18-8-3-4-9-18/h5,10-12,14,16-18H,3-4,6-9,13,15H2,1-2H3/t17-/m0/s1. The van der Waals surface area contributed by atoms with Crippen molar-refractivity contribution in [1.29, 1.82) is 0 Å². The maximum absolute atomic E-state index is 5.04. The predicted octanol–water partition coefficient (Wildman–Crippen LogP) is 4.51. The van der Waals surface area contributed by atoms with Crippen molar-refractivity contribution in [2.24, 2.45) is 0 Å². The highest BCUT2D eigenvalue weighted by molar-refractivity contribution is 5.29. The Bertz CT molecular complexity index is 699. The van der Waals surface area contributed by atoms with Crippen molar-refractivity contribution in [3.63, 3.8) is 0 Å². The van der Waals surface area contributed by atoms with Crippen LogP contribution in [0.15, 0.2) is 30.6 Å². The summed E-state index contributed by atoms with van der Waals surface area (Å²) in [7, 11) is 0. The van der Waals surface area contributed by atoms with Gasteiger partial charge in [0, 0.05) is 42.5 Å². The van der Waals surface area contributed by atoms with E-state index in [4.69, 9.17) is 4.98 Å². The summed E-state index contributed by atoms with van der Waals surface area (Å²) in [5.74, 6) is 3.06. The molecule has 4 rings (SSSR count). The molecule has 1 atom stereocenters. The van der Waals surface area contributed by atoms with Crippen LogP contribution >= 0.6 is 0 Å². The number of rotatable bonds is 4. The molecule has 3 heterocycles. The van der Waals surface area contributed by atoms with Crippen LogP contribution in [0.1, 0.15) is 75.7 Å². The van der Waals surface area contributed by atoms with Crippen LogP contribution in [0.25, 0.3) is 5.82 Å². The summed E-state index contributed by atoms with van der Waals surface area (Å²) in [6.07, 6.45) is 12.1. The molecule has 2 aromatic heterocycles. The van der Waals surface area contributed by atoms with Gasteiger partial charge in [0.1, 0.15) is 11.6 Å². The summed E-state index contributed by atoms with van der Waals surface area (Å²) in [5.41, 5.74) is 1.25. The smallest absolute Gasteiger partial charge is 0.138 e. The van der Waals surface area contributed by atoms with Crippen LogP contribution < -0.4 is 0 Å². The fraction of sp³-hybridized carbons (Fsp3) is 0.619. The summed E-state index contributed by atoms with van der Waals surface area (Å²) in [6, 6.07) is 7.32. The first kappa shape index (κ1) is 16.8. The molecule has 1 aliphatic heterocycles. The maximum Gasteiger partial charge on any atom is 0.138 e. The van der Waals surface area contributed by atoms with E-state index in [-0.39, 0.29) is 0 Å². The van der Waals surface area contributed by atoms with Gasteiger partial charge >= 0.3 is 0 Å². The lowest BCUT2D eigenvalue weighted by molar-refractivity contribution is 0.149. The fourth-order valence-electron chi connectivity index (χ4n) is 4.59. The minimum Gasteiger partial charge on any atom is -0.300 e. The third kappa shape index (κ3) is 3.50. The molecule has 2 fully saturated rings. The molecule has 134 valence electrons. The zero-order valence-electron chi connectivity index (χ0n) is 15.6. The molecule has 0 amide bonds. The first-order valence-corrected chi connectivity index (χ1v) is 9.97. The zero-order valence-corrected chi connectivity index (χ0v) is 15.6. The van der Waals surface area contributed by atoms with Crippen molar-refractivity contribution in [3.05, 3.63) is 42.1 Å². The highest BCUT2D eigenvalue weighted by Crippen LogP contribution is 2.32. The van der Waals surface area contributed by atoms with Gasteiger partial charge in [-0.05, 0) is 44.4 Å². The first-order valence-electron chi connectivity index (χ1n) is 9.97. The molecule has 4 heteroatoms. The van der Waals surface area contributed by atoms with E-state index in [0.717, 1.165) is 17.7 Å². The number of likely N-dealkylation sites (tertiary alicyclic amines) is 1. The highest BCUT2D eigenvalue weighted by atomic mass is 15.2. The maximum atomic E-state index is 5.04. The molecule has 0 unspecified atom stereocenters. The Morgan fingerprint density at radius 3 is 2.72 bits per heavy atom. The van der Waals surface area contributed by atoms with Crippen LogP contribution in [-0.2, 0) is 0 Å². The molecule has 25 heavy (non-hydrogen) atoms. The molecule has 0 spiro atoms. The van der Waals surface area contributed by atoms with E-state index < -0.39 is 0 Å². The van der Waals surface area contributed by atoms with Crippen LogP contribution in [0.2, 0.25) is 0 Å². The van der Waals surface area contributed by atoms with E-state index in [1.54, 1.807) is 0 Å². The summed E-state index contributed by atoms with van der Waals surface area (Å²) in [4.78, 5) is 12.3. The summed E-state index contributed by atoms with van der Waals surface area (Å²) in [5, 5.41) is 0. The molecule has 0 bridgehead atoms. The molecular formula is C21H30N4. The number of aromatic nitrogens is 3. The van der Waals surface area contributed by atoms with Gasteiger partial charge in [0.15, 0.2) is 0 Å². The van der Waals surface area contributed by atoms with Crippen LogP contribution in [0.4, 0.5) is 0 Å². The number of hydrogen-bond acceptors (Lipinski definition) is 3. The Balaban J connectivity index is 1.55. The van der Waals surface area contributed by atoms with Gasteiger partial charge in [-0.25, -0.2) is 9.97 Å². The average Bonchev–Trinajstić information content (AvgIpc) is 3.34. The SMILES string of the molecule is CC(C)c1nccn1-c1cccc([C@H]2CCCN(C3CCCC3)C2)n1. The molecule has 1 saturated carbocycles. The monoisotopic (exact) mass is 338 g/mol. The van der Waals surface area contributed by atoms with Crippen molar-refractivity contribution in [1.82, 2.24) is 19.4 Å². The topological polar surface area (TPSA) is 34.0 Å². The Morgan fingerprint density at radius 1 is 1.08 bits per heavy atom. The number of nitrogens with zero attached hydrogens (tertiary/aromatic N) is 4. The largest absolute Gasteiger partial charge is 0.300 e. The van der Waals surface area contributed by atoms with Gasteiger partial charge < -0.3 is 0 Å². The second kappa shape index (κ2) is 7.28. The number of pyridine rings is 1. The van der Waals surface area contributed by atoms with Gasteiger partial charge in [-0.1, -0.05) is 32.8 Å². The third-order valence-electron chi connectivity index (χ3n) is 5.90. The van der Waals surface area contributed by atoms with E-state index in [1.165, 1.54) is 57.3 Å². The second-order valence-corrected chi connectivity index (χ2v) is 8.00. The fourth-order valence-corrected chi connectivity index (χ4v) is 4.59. The number of imidazole rings is 1. The number of piperidine rings is 1. The molecule has 1 aliphatic carbocycles. The number of hydrogen-bond donors (Lipinski definition) is 0. The van der Waals surface area contributed by atoms with Crippen molar-refractivity contribution in [2.75, 3.05) is 13.1 Å². The van der Waals surface area contributed by atoms with Crippen LogP contribution in [0.5, 0.6) is 0 Å². The minimum absolute atomic E-state index is 0.396. The average molecular weight is 338 g/mol. The molecule has 0 radical (unpaired) electrons. The quantitative estimate of drug-likeness (QED) is 0.822. The first-order chi connectivity index (χ1) is 12.2. The normalized spacial score (nSPS) is 22.8. The molecule has 2 aromatic rings. The third-order valence-corrected chi connectivity index (χ3v) is 5.90. The molecule has 0 N–H and O–H groups in total. The lowest BCUT2D eigenvalue weighted by atomic mass is 9.93. The molecule has 4 nitrogen and oxygen atoms in total. The predicted molar refractivity (Wildman–Crippen MR) is 101 cm³/mol. The van der Waals surface area contributed by atoms with Gasteiger partial charge in [0.2, 0.25) is 0 Å². The van der Waals surface area contributed by atoms with Gasteiger partial charge in [-0.15, -0.1) is 0 Å². The lowest BCUT2D eigenvalue weighted by Gasteiger charge is -2.36. The minimum atomic E-state index is 0.396. The van der Waals surface area contributed by atoms with Gasteiger partial charge in [-0.2, -0.15) is 0 Å². The Kier molecular flexibility index (Phi) is 4.89. The Morgan fingerprint density at radius 2 is 1.92 bits per heavy atom. The highest BCUT2D eigenvalue weighted by Gasteiger charge is 2.29. The van der Waals surface area contributed by atoms with Crippen molar-refractivity contribution >= 4 is 0 Å². The van der Waals surface area contributed by atoms with E-state index in [1.807, 2.05) is 12.4 Å². The van der Waals surface area contributed by atoms with Gasteiger partial charge in [0.25, 0.3) is 0 Å². The Hall–Kier alpha value is -1.68. The molecular weight excluding hydrogens is 308 g/mol. The van der Waals surface area contributed by atoms with Crippen LogP contribution in [0, 0.1) is 0 Å². The van der Waals surface area contributed by atoms with Crippen LogP contribution in [0.3, 0.4) is 0 Å². The van der Waals surface area contributed by atoms with E-state index in [2.05, 4.69) is 46.5 Å². The van der Waals surface area contributed by atoms with E-state index >= 15 is 0 Å². The summed E-state index contributed by atoms with van der Waals surface area (Å²) >= 11 is 0. The summed E-state index contributed by atoms with van der Waals surface area (Å²) < 4.78 is 2.14.